The number of hydrogen-bond acceptors (Lipinski definition) is 11. The Balaban J connectivity index is 2.43. The van der Waals surface area contributed by atoms with Crippen LogP contribution in [0.4, 0.5) is 0 Å². The van der Waals surface area contributed by atoms with Gasteiger partial charge in [0.1, 0.15) is 12.7 Å². The Morgan fingerprint density at radius 1 is 0.583 bits per heavy atom. The fourth-order valence-corrected chi connectivity index (χ4v) is 6.73. The number of epoxide rings is 1. The molecule has 0 aromatic heterocycles. The maximum absolute atomic E-state index is 12.7. The Hall–Kier alpha value is -2.48. The zero-order chi connectivity index (χ0) is 44.2. The quantitative estimate of drug-likeness (QED) is 0.0149. The number of rotatable bonds is 39. The molecule has 1 aliphatic rings. The van der Waals surface area contributed by atoms with Crippen molar-refractivity contribution < 1.29 is 66.3 Å². The normalized spacial score (nSPS) is 18.1. The summed E-state index contributed by atoms with van der Waals surface area (Å²) < 4.78 is 53.5. The van der Waals surface area contributed by atoms with Crippen LogP contribution in [0.5, 0.6) is 0 Å². The van der Waals surface area contributed by atoms with Gasteiger partial charge in [0, 0.05) is 12.8 Å². The third kappa shape index (κ3) is 36.2. The van der Waals surface area contributed by atoms with Crippen LogP contribution in [0.25, 0.3) is 0 Å². The van der Waals surface area contributed by atoms with Crippen LogP contribution in [0.3, 0.4) is 0 Å². The van der Waals surface area contributed by atoms with Gasteiger partial charge in [-0.15, -0.1) is 0 Å². The highest BCUT2D eigenvalue weighted by Gasteiger charge is 2.36. The van der Waals surface area contributed by atoms with Gasteiger partial charge in [-0.25, -0.2) is 9.13 Å². The highest BCUT2D eigenvalue weighted by molar-refractivity contribution is 7.47. The average molecular weight is 889 g/mol. The smallest absolute Gasteiger partial charge is 0.462 e. The van der Waals surface area contributed by atoms with Gasteiger partial charge < -0.3 is 34.0 Å². The van der Waals surface area contributed by atoms with Gasteiger partial charge in [-0.05, 0) is 83.5 Å². The first-order valence-corrected chi connectivity index (χ1v) is 24.8. The van der Waals surface area contributed by atoms with E-state index in [2.05, 4.69) is 83.7 Å². The number of ether oxygens (including phenoxy) is 3. The predicted molar refractivity (Wildman–Crippen MR) is 234 cm³/mol. The number of aliphatic hydroxyl groups is 1. The van der Waals surface area contributed by atoms with E-state index in [0.29, 0.717) is 19.3 Å². The summed E-state index contributed by atoms with van der Waals surface area (Å²) in [7, 11) is -9.71. The number of hydrogen-bond donors (Lipinski definition) is 4. The van der Waals surface area contributed by atoms with Crippen LogP contribution in [-0.2, 0) is 46.5 Å². The number of phosphoric ester groups is 2. The Morgan fingerprint density at radius 2 is 1.08 bits per heavy atom. The fourth-order valence-electron chi connectivity index (χ4n) is 5.57. The van der Waals surface area contributed by atoms with E-state index in [4.69, 9.17) is 28.5 Å². The minimum atomic E-state index is -4.88. The molecule has 5 atom stereocenters. The van der Waals surface area contributed by atoms with Crippen molar-refractivity contribution in [3.63, 3.8) is 0 Å². The third-order valence-electron chi connectivity index (χ3n) is 8.97. The molecule has 16 heteroatoms. The number of unbranched alkanes of at least 4 members (excludes halogenated alkanes) is 9. The molecule has 0 aliphatic carbocycles. The highest BCUT2D eigenvalue weighted by atomic mass is 31.2. The van der Waals surface area contributed by atoms with E-state index in [1.54, 1.807) is 0 Å². The van der Waals surface area contributed by atoms with Crippen molar-refractivity contribution in [2.75, 3.05) is 26.4 Å². The van der Waals surface area contributed by atoms with Crippen molar-refractivity contribution in [3.05, 3.63) is 72.9 Å². The molecular formula is C44H74O14P2. The molecule has 3 unspecified atom stereocenters. The van der Waals surface area contributed by atoms with Crippen molar-refractivity contribution >= 4 is 27.6 Å². The molecule has 0 aromatic rings. The molecule has 14 nitrogen and oxygen atoms in total. The molecule has 1 aliphatic heterocycles. The van der Waals surface area contributed by atoms with Crippen molar-refractivity contribution in [1.29, 1.82) is 0 Å². The lowest BCUT2D eigenvalue weighted by molar-refractivity contribution is -0.161. The molecule has 0 bridgehead atoms. The lowest BCUT2D eigenvalue weighted by Crippen LogP contribution is -2.29. The summed E-state index contributed by atoms with van der Waals surface area (Å²) in [6.45, 7) is 1.51. The van der Waals surface area contributed by atoms with Crippen molar-refractivity contribution in [2.45, 2.75) is 167 Å². The summed E-state index contributed by atoms with van der Waals surface area (Å²) in [5.41, 5.74) is 0. The first kappa shape index (κ1) is 55.5. The molecular weight excluding hydrogens is 814 g/mol. The summed E-state index contributed by atoms with van der Waals surface area (Å²) in [6.07, 6.45) is 40.7. The average Bonchev–Trinajstić information content (AvgIpc) is 3.96. The Morgan fingerprint density at radius 3 is 1.73 bits per heavy atom. The summed E-state index contributed by atoms with van der Waals surface area (Å²) in [5, 5.41) is 9.75. The van der Waals surface area contributed by atoms with Gasteiger partial charge in [0.2, 0.25) is 0 Å². The van der Waals surface area contributed by atoms with Gasteiger partial charge in [-0.1, -0.05) is 119 Å². The fraction of sp³-hybridized carbons (Fsp3) is 0.682. The number of esters is 2. The second-order valence-corrected chi connectivity index (χ2v) is 17.3. The van der Waals surface area contributed by atoms with Crippen LogP contribution >= 0.6 is 15.6 Å². The molecule has 0 radical (unpaired) electrons. The van der Waals surface area contributed by atoms with E-state index in [9.17, 15) is 28.7 Å². The largest absolute Gasteiger partial charge is 0.472 e. The predicted octanol–water partition coefficient (Wildman–Crippen LogP) is 9.99. The van der Waals surface area contributed by atoms with Crippen molar-refractivity contribution in [3.8, 4) is 0 Å². The first-order valence-electron chi connectivity index (χ1n) is 21.8. The van der Waals surface area contributed by atoms with Crippen LogP contribution in [0, 0.1) is 0 Å². The topological polar surface area (TPSA) is 208 Å². The van der Waals surface area contributed by atoms with E-state index in [1.807, 2.05) is 12.2 Å². The van der Waals surface area contributed by atoms with Gasteiger partial charge in [-0.2, -0.15) is 0 Å². The van der Waals surface area contributed by atoms with E-state index >= 15 is 0 Å². The Labute approximate surface area is 359 Å². The Bertz CT molecular complexity index is 1400. The van der Waals surface area contributed by atoms with Crippen LogP contribution < -0.4 is 0 Å². The minimum Gasteiger partial charge on any atom is -0.462 e. The molecule has 60 heavy (non-hydrogen) atoms. The van der Waals surface area contributed by atoms with E-state index in [-0.39, 0.29) is 25.0 Å². The summed E-state index contributed by atoms with van der Waals surface area (Å²) in [6, 6.07) is 0. The van der Waals surface area contributed by atoms with Gasteiger partial charge in [0.05, 0.1) is 32.0 Å². The molecule has 0 amide bonds. The number of aliphatic hydroxyl groups excluding tert-OH is 1. The lowest BCUT2D eigenvalue weighted by Gasteiger charge is -2.20. The molecule has 1 rings (SSSR count). The van der Waals surface area contributed by atoms with Crippen LogP contribution in [0.2, 0.25) is 0 Å². The number of phosphoric acid groups is 2. The summed E-state index contributed by atoms with van der Waals surface area (Å²) in [4.78, 5) is 52.7. The minimum absolute atomic E-state index is 0.0397. The lowest BCUT2D eigenvalue weighted by atomic mass is 10.1. The standard InChI is InChI=1S/C44H74O14P2/c1-3-5-7-9-11-13-14-15-16-17-18-20-22-24-29-33-43(46)53-37-40(38-56-60(51,52)55-36-39(45)35-54-59(48,49)50)57-44(47)34-30-26-25-28-32-42-41(58-42)31-27-23-21-19-12-10-8-6-4-2/h5,7,11-13,15-16,19,23,25,27-28,39-42,45H,3-4,6,8-10,14,17-18,20-22,24,26,29-38H2,1-2H3,(H,51,52)(H2,48,49,50)/b7-5-,13-11-,16-15-,19-12-,27-23-,28-25-/t39-,40+,41?,42?/m0/s1. The molecule has 1 saturated heterocycles. The molecule has 0 saturated carbocycles. The number of carbonyl (C=O) groups is 2. The summed E-state index contributed by atoms with van der Waals surface area (Å²) >= 11 is 0. The van der Waals surface area contributed by atoms with Crippen molar-refractivity contribution in [2.24, 2.45) is 0 Å². The molecule has 0 aromatic carbocycles. The van der Waals surface area contributed by atoms with Gasteiger partial charge >= 0.3 is 27.6 Å². The first-order chi connectivity index (χ1) is 28.8. The summed E-state index contributed by atoms with van der Waals surface area (Å²) in [5.74, 6) is -1.13. The maximum Gasteiger partial charge on any atom is 0.472 e. The van der Waals surface area contributed by atoms with Gasteiger partial charge in [0.15, 0.2) is 6.10 Å². The van der Waals surface area contributed by atoms with Crippen LogP contribution in [0.1, 0.15) is 142 Å². The zero-order valence-electron chi connectivity index (χ0n) is 36.0. The highest BCUT2D eigenvalue weighted by Crippen LogP contribution is 2.44. The molecule has 1 fully saturated rings. The molecule has 344 valence electrons. The molecule has 1 heterocycles. The van der Waals surface area contributed by atoms with Crippen molar-refractivity contribution in [1.82, 2.24) is 0 Å². The number of allylic oxidation sites excluding steroid dienone is 10. The molecule has 4 N–H and O–H groups in total. The third-order valence-corrected chi connectivity index (χ3v) is 10.4. The van der Waals surface area contributed by atoms with Gasteiger partial charge in [0.25, 0.3) is 0 Å². The second kappa shape index (κ2) is 36.0. The van der Waals surface area contributed by atoms with Gasteiger partial charge in [-0.3, -0.25) is 23.2 Å². The van der Waals surface area contributed by atoms with E-state index in [0.717, 1.165) is 77.0 Å². The Kier molecular flexibility index (Phi) is 33.4. The van der Waals surface area contributed by atoms with Crippen LogP contribution in [-0.4, -0.2) is 82.6 Å². The monoisotopic (exact) mass is 888 g/mol. The number of carbonyl (C=O) groups excluding carboxylic acids is 2. The molecule has 0 spiro atoms. The maximum atomic E-state index is 12.7. The van der Waals surface area contributed by atoms with Crippen LogP contribution in [0.15, 0.2) is 72.9 Å². The van der Waals surface area contributed by atoms with E-state index in [1.165, 1.54) is 19.3 Å². The second-order valence-electron chi connectivity index (χ2n) is 14.6. The zero-order valence-corrected chi connectivity index (χ0v) is 37.8. The van der Waals surface area contributed by atoms with E-state index < -0.39 is 66.2 Å². The SMILES string of the molecule is CC/C=C\C/C=C\C/C=C\CCCCCCCC(=O)OC[C@H](COP(=O)(O)OC[C@@H](O)COP(=O)(O)O)OC(=O)CCC/C=C\CC1OC1C/C=C\C/C=C\CCCCC.